The molecule has 0 saturated heterocycles. The Bertz CT molecular complexity index is 351. The fraction of sp³-hybridized carbons (Fsp3) is 0.417. The number of rotatable bonds is 5. The monoisotopic (exact) mass is 222 g/mol. The van der Waals surface area contributed by atoms with E-state index in [1.54, 1.807) is 6.92 Å². The molecule has 4 heteroatoms. The van der Waals surface area contributed by atoms with Gasteiger partial charge in [-0.25, -0.2) is 0 Å². The quantitative estimate of drug-likeness (QED) is 0.782. The second kappa shape index (κ2) is 6.12. The van der Waals surface area contributed by atoms with Gasteiger partial charge >= 0.3 is 0 Å². The maximum absolute atomic E-state index is 11.3. The Balaban J connectivity index is 2.62. The zero-order chi connectivity index (χ0) is 12.0. The third-order valence-corrected chi connectivity index (χ3v) is 2.14. The second-order valence-electron chi connectivity index (χ2n) is 3.55. The SMILES string of the molecule is CCOc1ccccc1CNC(=O)[C@H](C)N. The summed E-state index contributed by atoms with van der Waals surface area (Å²) in [5.74, 6) is 0.640. The number of carbonyl (C=O) groups excluding carboxylic acids is 1. The first-order valence-electron chi connectivity index (χ1n) is 5.39. The molecule has 3 N–H and O–H groups in total. The minimum absolute atomic E-state index is 0.161. The number of carbonyl (C=O) groups is 1. The van der Waals surface area contributed by atoms with Crippen LogP contribution in [0, 0.1) is 0 Å². The van der Waals surface area contributed by atoms with E-state index in [9.17, 15) is 4.79 Å². The Kier molecular flexibility index (Phi) is 4.79. The predicted molar refractivity (Wildman–Crippen MR) is 63.1 cm³/mol. The molecule has 0 bridgehead atoms. The number of hydrogen-bond acceptors (Lipinski definition) is 3. The first kappa shape index (κ1) is 12.5. The number of hydrogen-bond donors (Lipinski definition) is 2. The van der Waals surface area contributed by atoms with Crippen LogP contribution in [0.1, 0.15) is 19.4 Å². The zero-order valence-corrected chi connectivity index (χ0v) is 9.69. The number of nitrogens with one attached hydrogen (secondary N) is 1. The standard InChI is InChI=1S/C12H18N2O2/c1-3-16-11-7-5-4-6-10(11)8-14-12(15)9(2)13/h4-7,9H,3,8,13H2,1-2H3,(H,14,15)/t9-/m0/s1. The number of nitrogens with two attached hydrogens (primary N) is 1. The molecule has 0 radical (unpaired) electrons. The van der Waals surface area contributed by atoms with E-state index >= 15 is 0 Å². The van der Waals surface area contributed by atoms with Gasteiger partial charge in [0.2, 0.25) is 5.91 Å². The van der Waals surface area contributed by atoms with Crippen LogP contribution in [0.2, 0.25) is 0 Å². The van der Waals surface area contributed by atoms with E-state index in [0.29, 0.717) is 13.2 Å². The Morgan fingerprint density at radius 2 is 2.19 bits per heavy atom. The van der Waals surface area contributed by atoms with Crippen LogP contribution < -0.4 is 15.8 Å². The summed E-state index contributed by atoms with van der Waals surface area (Å²) >= 11 is 0. The summed E-state index contributed by atoms with van der Waals surface area (Å²) in [5.41, 5.74) is 6.41. The van der Waals surface area contributed by atoms with Crippen LogP contribution in [-0.2, 0) is 11.3 Å². The van der Waals surface area contributed by atoms with Crippen molar-refractivity contribution < 1.29 is 9.53 Å². The van der Waals surface area contributed by atoms with Crippen molar-refractivity contribution in [3.8, 4) is 5.75 Å². The van der Waals surface area contributed by atoms with Gasteiger partial charge in [-0.15, -0.1) is 0 Å². The number of para-hydroxylation sites is 1. The van der Waals surface area contributed by atoms with E-state index in [0.717, 1.165) is 11.3 Å². The minimum Gasteiger partial charge on any atom is -0.494 e. The highest BCUT2D eigenvalue weighted by atomic mass is 16.5. The van der Waals surface area contributed by atoms with Crippen molar-refractivity contribution in [1.82, 2.24) is 5.32 Å². The van der Waals surface area contributed by atoms with Crippen LogP contribution >= 0.6 is 0 Å². The van der Waals surface area contributed by atoms with E-state index in [4.69, 9.17) is 10.5 Å². The first-order valence-corrected chi connectivity index (χ1v) is 5.39. The van der Waals surface area contributed by atoms with Crippen LogP contribution in [0.15, 0.2) is 24.3 Å². The van der Waals surface area contributed by atoms with E-state index in [-0.39, 0.29) is 5.91 Å². The highest BCUT2D eigenvalue weighted by molar-refractivity contribution is 5.80. The van der Waals surface area contributed by atoms with Gasteiger partial charge in [0, 0.05) is 12.1 Å². The third-order valence-electron chi connectivity index (χ3n) is 2.14. The van der Waals surface area contributed by atoms with Gasteiger partial charge < -0.3 is 15.8 Å². The van der Waals surface area contributed by atoms with Crippen LogP contribution in [0.5, 0.6) is 5.75 Å². The lowest BCUT2D eigenvalue weighted by molar-refractivity contribution is -0.122. The van der Waals surface area contributed by atoms with E-state index < -0.39 is 6.04 Å². The lowest BCUT2D eigenvalue weighted by Crippen LogP contribution is -2.37. The molecule has 0 spiro atoms. The topological polar surface area (TPSA) is 64.3 Å². The summed E-state index contributed by atoms with van der Waals surface area (Å²) in [5, 5.41) is 2.75. The van der Waals surface area contributed by atoms with E-state index in [1.165, 1.54) is 0 Å². The summed E-state index contributed by atoms with van der Waals surface area (Å²) in [6.45, 7) is 4.63. The molecule has 0 aliphatic heterocycles. The van der Waals surface area contributed by atoms with Gasteiger partial charge in [-0.3, -0.25) is 4.79 Å². The molecule has 4 nitrogen and oxygen atoms in total. The van der Waals surface area contributed by atoms with Crippen molar-refractivity contribution >= 4 is 5.91 Å². The van der Waals surface area contributed by atoms with Crippen LogP contribution in [0.3, 0.4) is 0 Å². The summed E-state index contributed by atoms with van der Waals surface area (Å²) in [6.07, 6.45) is 0. The first-order chi connectivity index (χ1) is 7.65. The number of ether oxygens (including phenoxy) is 1. The smallest absolute Gasteiger partial charge is 0.236 e. The van der Waals surface area contributed by atoms with Crippen LogP contribution in [0.4, 0.5) is 0 Å². The zero-order valence-electron chi connectivity index (χ0n) is 9.69. The summed E-state index contributed by atoms with van der Waals surface area (Å²) < 4.78 is 5.45. The van der Waals surface area contributed by atoms with Crippen molar-refractivity contribution in [1.29, 1.82) is 0 Å². The summed E-state index contributed by atoms with van der Waals surface area (Å²) in [6, 6.07) is 7.14. The van der Waals surface area contributed by atoms with Gasteiger partial charge in [0.05, 0.1) is 12.6 Å². The van der Waals surface area contributed by atoms with E-state index in [1.807, 2.05) is 31.2 Å². The highest BCUT2D eigenvalue weighted by Gasteiger charge is 2.08. The van der Waals surface area contributed by atoms with Gasteiger partial charge in [-0.2, -0.15) is 0 Å². The summed E-state index contributed by atoms with van der Waals surface area (Å²) in [4.78, 5) is 11.3. The lowest BCUT2D eigenvalue weighted by atomic mass is 10.2. The Morgan fingerprint density at radius 1 is 1.50 bits per heavy atom. The third kappa shape index (κ3) is 3.55. The fourth-order valence-corrected chi connectivity index (χ4v) is 1.29. The van der Waals surface area contributed by atoms with Gasteiger partial charge in [0.1, 0.15) is 5.75 Å². The molecular weight excluding hydrogens is 204 g/mol. The van der Waals surface area contributed by atoms with Gasteiger partial charge in [-0.1, -0.05) is 18.2 Å². The maximum Gasteiger partial charge on any atom is 0.236 e. The molecule has 1 rings (SSSR count). The molecular formula is C12H18N2O2. The van der Waals surface area contributed by atoms with Crippen molar-refractivity contribution in [2.75, 3.05) is 6.61 Å². The molecule has 0 saturated carbocycles. The van der Waals surface area contributed by atoms with Crippen molar-refractivity contribution in [2.45, 2.75) is 26.4 Å². The normalized spacial score (nSPS) is 11.9. The van der Waals surface area contributed by atoms with Crippen molar-refractivity contribution in [3.63, 3.8) is 0 Å². The largest absolute Gasteiger partial charge is 0.494 e. The molecule has 1 amide bonds. The van der Waals surface area contributed by atoms with Gasteiger partial charge in [0.15, 0.2) is 0 Å². The van der Waals surface area contributed by atoms with Crippen molar-refractivity contribution in [2.24, 2.45) is 5.73 Å². The molecule has 1 aromatic rings. The molecule has 0 unspecified atom stereocenters. The van der Waals surface area contributed by atoms with Crippen molar-refractivity contribution in [3.05, 3.63) is 29.8 Å². The summed E-state index contributed by atoms with van der Waals surface area (Å²) in [7, 11) is 0. The Hall–Kier alpha value is -1.55. The maximum atomic E-state index is 11.3. The fourth-order valence-electron chi connectivity index (χ4n) is 1.29. The average molecular weight is 222 g/mol. The van der Waals surface area contributed by atoms with E-state index in [2.05, 4.69) is 5.32 Å². The molecule has 88 valence electrons. The van der Waals surface area contributed by atoms with Crippen LogP contribution in [-0.4, -0.2) is 18.6 Å². The molecule has 1 aromatic carbocycles. The minimum atomic E-state index is -0.487. The molecule has 16 heavy (non-hydrogen) atoms. The number of amides is 1. The lowest BCUT2D eigenvalue weighted by Gasteiger charge is -2.11. The molecule has 1 atom stereocenters. The average Bonchev–Trinajstić information content (AvgIpc) is 2.27. The predicted octanol–water partition coefficient (Wildman–Crippen LogP) is 1.05. The molecule has 0 aliphatic carbocycles. The second-order valence-corrected chi connectivity index (χ2v) is 3.55. The Labute approximate surface area is 95.8 Å². The molecule has 0 heterocycles. The van der Waals surface area contributed by atoms with Crippen LogP contribution in [0.25, 0.3) is 0 Å². The van der Waals surface area contributed by atoms with Gasteiger partial charge in [0.25, 0.3) is 0 Å². The molecule has 0 fully saturated rings. The Morgan fingerprint density at radius 3 is 2.81 bits per heavy atom. The van der Waals surface area contributed by atoms with Gasteiger partial charge in [-0.05, 0) is 19.9 Å². The number of benzene rings is 1. The molecule has 0 aromatic heterocycles. The molecule has 0 aliphatic rings. The highest BCUT2D eigenvalue weighted by Crippen LogP contribution is 2.17.